The van der Waals surface area contributed by atoms with Gasteiger partial charge in [0, 0.05) is 18.7 Å². The number of piperidine rings is 1. The second kappa shape index (κ2) is 7.80. The number of pyridine rings is 1. The van der Waals surface area contributed by atoms with E-state index in [0.717, 1.165) is 42.8 Å². The summed E-state index contributed by atoms with van der Waals surface area (Å²) in [6.45, 7) is 3.33. The van der Waals surface area contributed by atoms with Gasteiger partial charge in [0.25, 0.3) is 5.91 Å². The summed E-state index contributed by atoms with van der Waals surface area (Å²) in [6, 6.07) is 13.7. The molecule has 2 aromatic rings. The number of ether oxygens (including phenoxy) is 1. The average molecular weight is 335 g/mol. The Kier molecular flexibility index (Phi) is 5.30. The molecule has 1 saturated heterocycles. The Morgan fingerprint density at radius 1 is 1.24 bits per heavy atom. The van der Waals surface area contributed by atoms with Crippen LogP contribution in [0.4, 0.5) is 0 Å². The van der Waals surface area contributed by atoms with E-state index >= 15 is 0 Å². The highest BCUT2D eigenvalue weighted by Gasteiger charge is 2.19. The molecule has 0 bridgehead atoms. The molecular weight excluding hydrogens is 314 g/mol. The van der Waals surface area contributed by atoms with Crippen LogP contribution < -0.4 is 4.74 Å². The van der Waals surface area contributed by atoms with E-state index in [1.54, 1.807) is 0 Å². The lowest BCUT2D eigenvalue weighted by Gasteiger charge is -2.26. The van der Waals surface area contributed by atoms with Gasteiger partial charge in [-0.15, -0.1) is 0 Å². The molecule has 0 radical (unpaired) electrons. The van der Waals surface area contributed by atoms with E-state index in [2.05, 4.69) is 11.1 Å². The van der Waals surface area contributed by atoms with Crippen molar-refractivity contribution in [3.05, 3.63) is 47.5 Å². The molecule has 5 heteroatoms. The van der Waals surface area contributed by atoms with E-state index in [1.807, 2.05) is 48.2 Å². The Hall–Kier alpha value is -2.87. The van der Waals surface area contributed by atoms with E-state index < -0.39 is 0 Å². The molecule has 3 rings (SSSR count). The lowest BCUT2D eigenvalue weighted by Crippen LogP contribution is -2.38. The zero-order chi connectivity index (χ0) is 17.6. The number of amides is 1. The number of likely N-dealkylation sites (tertiary alicyclic amines) is 1. The zero-order valence-electron chi connectivity index (χ0n) is 14.4. The van der Waals surface area contributed by atoms with Crippen molar-refractivity contribution >= 4 is 5.91 Å². The zero-order valence-corrected chi connectivity index (χ0v) is 14.4. The van der Waals surface area contributed by atoms with Crippen molar-refractivity contribution in [3.63, 3.8) is 0 Å². The van der Waals surface area contributed by atoms with Gasteiger partial charge in [0.1, 0.15) is 11.6 Å². The number of rotatable bonds is 4. The van der Waals surface area contributed by atoms with Crippen molar-refractivity contribution in [1.29, 1.82) is 5.26 Å². The fraction of sp³-hybridized carbons (Fsp3) is 0.350. The lowest BCUT2D eigenvalue weighted by molar-refractivity contribution is -0.134. The Balaban J connectivity index is 1.80. The molecule has 0 unspecified atom stereocenters. The first-order valence-corrected chi connectivity index (χ1v) is 8.57. The monoisotopic (exact) mass is 335 g/mol. The highest BCUT2D eigenvalue weighted by molar-refractivity contribution is 5.78. The van der Waals surface area contributed by atoms with Crippen molar-refractivity contribution in [2.75, 3.05) is 19.7 Å². The molecule has 0 spiro atoms. The van der Waals surface area contributed by atoms with Crippen molar-refractivity contribution in [1.82, 2.24) is 9.88 Å². The van der Waals surface area contributed by atoms with Gasteiger partial charge >= 0.3 is 0 Å². The van der Waals surface area contributed by atoms with Crippen molar-refractivity contribution in [2.45, 2.75) is 26.2 Å². The second-order valence-corrected chi connectivity index (χ2v) is 6.21. The van der Waals surface area contributed by atoms with Gasteiger partial charge in [0.2, 0.25) is 5.88 Å². The van der Waals surface area contributed by atoms with Crippen LogP contribution in [0, 0.1) is 18.3 Å². The number of benzene rings is 1. The summed E-state index contributed by atoms with van der Waals surface area (Å²) < 4.78 is 5.66. The number of nitrogens with zero attached hydrogens (tertiary/aromatic N) is 3. The van der Waals surface area contributed by atoms with Gasteiger partial charge in [-0.25, -0.2) is 4.98 Å². The predicted molar refractivity (Wildman–Crippen MR) is 95.1 cm³/mol. The number of hydrogen-bond donors (Lipinski definition) is 0. The van der Waals surface area contributed by atoms with Crippen LogP contribution in [-0.4, -0.2) is 35.5 Å². The minimum Gasteiger partial charge on any atom is -0.467 e. The highest BCUT2D eigenvalue weighted by Crippen LogP contribution is 2.26. The first-order valence-electron chi connectivity index (χ1n) is 8.57. The van der Waals surface area contributed by atoms with Gasteiger partial charge in [0.15, 0.2) is 6.61 Å². The van der Waals surface area contributed by atoms with E-state index in [0.29, 0.717) is 5.56 Å². The van der Waals surface area contributed by atoms with Gasteiger partial charge in [-0.2, -0.15) is 5.26 Å². The van der Waals surface area contributed by atoms with Crippen molar-refractivity contribution in [3.8, 4) is 23.2 Å². The Morgan fingerprint density at radius 2 is 1.96 bits per heavy atom. The summed E-state index contributed by atoms with van der Waals surface area (Å²) >= 11 is 0. The molecule has 25 heavy (non-hydrogen) atoms. The molecule has 128 valence electrons. The van der Waals surface area contributed by atoms with Crippen LogP contribution in [-0.2, 0) is 4.79 Å². The maximum Gasteiger partial charge on any atom is 0.260 e. The van der Waals surface area contributed by atoms with Gasteiger partial charge in [-0.1, -0.05) is 30.3 Å². The fourth-order valence-corrected chi connectivity index (χ4v) is 3.01. The van der Waals surface area contributed by atoms with Crippen LogP contribution in [0.15, 0.2) is 36.4 Å². The van der Waals surface area contributed by atoms with Crippen LogP contribution in [0.5, 0.6) is 5.88 Å². The molecule has 1 aromatic heterocycles. The summed E-state index contributed by atoms with van der Waals surface area (Å²) in [5.41, 5.74) is 2.85. The van der Waals surface area contributed by atoms with Gasteiger partial charge in [-0.3, -0.25) is 4.79 Å². The molecule has 1 aromatic carbocycles. The quantitative estimate of drug-likeness (QED) is 0.859. The Bertz CT molecular complexity index is 791. The fourth-order valence-electron chi connectivity index (χ4n) is 3.01. The Morgan fingerprint density at radius 3 is 2.64 bits per heavy atom. The number of hydrogen-bond acceptors (Lipinski definition) is 4. The molecule has 1 fully saturated rings. The topological polar surface area (TPSA) is 66.2 Å². The predicted octanol–water partition coefficient (Wildman–Crippen LogP) is 3.32. The number of carbonyl (C=O) groups excluding carboxylic acids is 1. The standard InChI is InChI=1S/C20H21N3O2/c1-15-12-18(16-8-4-2-5-9-16)22-20(17(15)13-21)25-14-19(24)23-10-6-3-7-11-23/h2,4-5,8-9,12H,3,6-7,10-11,14H2,1H3. The normalized spacial score (nSPS) is 14.0. The largest absolute Gasteiger partial charge is 0.467 e. The maximum absolute atomic E-state index is 12.3. The molecule has 2 heterocycles. The van der Waals surface area contributed by atoms with Crippen LogP contribution in [0.3, 0.4) is 0 Å². The first-order chi connectivity index (χ1) is 12.2. The van der Waals surface area contributed by atoms with Crippen molar-refractivity contribution < 1.29 is 9.53 Å². The summed E-state index contributed by atoms with van der Waals surface area (Å²) in [5, 5.41) is 9.41. The molecule has 1 amide bonds. The van der Waals surface area contributed by atoms with Gasteiger partial charge in [0.05, 0.1) is 5.69 Å². The van der Waals surface area contributed by atoms with Crippen LogP contribution in [0.2, 0.25) is 0 Å². The van der Waals surface area contributed by atoms with E-state index in [9.17, 15) is 10.1 Å². The van der Waals surface area contributed by atoms with Gasteiger partial charge in [-0.05, 0) is 37.8 Å². The van der Waals surface area contributed by atoms with Crippen LogP contribution in [0.25, 0.3) is 11.3 Å². The summed E-state index contributed by atoms with van der Waals surface area (Å²) in [5.74, 6) is 0.180. The van der Waals surface area contributed by atoms with E-state index in [1.165, 1.54) is 6.42 Å². The third-order valence-corrected chi connectivity index (χ3v) is 4.41. The maximum atomic E-state index is 12.3. The number of nitriles is 1. The minimum absolute atomic E-state index is 0.0480. The summed E-state index contributed by atoms with van der Waals surface area (Å²) in [4.78, 5) is 18.6. The molecule has 0 N–H and O–H groups in total. The summed E-state index contributed by atoms with van der Waals surface area (Å²) in [6.07, 6.45) is 3.25. The lowest BCUT2D eigenvalue weighted by atomic mass is 10.1. The third kappa shape index (κ3) is 3.97. The second-order valence-electron chi connectivity index (χ2n) is 6.21. The first kappa shape index (κ1) is 17.0. The third-order valence-electron chi connectivity index (χ3n) is 4.41. The molecule has 0 saturated carbocycles. The molecule has 0 atom stereocenters. The van der Waals surface area contributed by atoms with Crippen LogP contribution in [0.1, 0.15) is 30.4 Å². The molecule has 1 aliphatic rings. The van der Waals surface area contributed by atoms with Crippen LogP contribution >= 0.6 is 0 Å². The smallest absolute Gasteiger partial charge is 0.260 e. The van der Waals surface area contributed by atoms with Gasteiger partial charge < -0.3 is 9.64 Å². The average Bonchev–Trinajstić information content (AvgIpc) is 2.67. The number of aromatic nitrogens is 1. The number of aryl methyl sites for hydroxylation is 1. The molecule has 5 nitrogen and oxygen atoms in total. The molecule has 1 aliphatic heterocycles. The van der Waals surface area contributed by atoms with E-state index in [-0.39, 0.29) is 18.4 Å². The minimum atomic E-state index is -0.0840. The van der Waals surface area contributed by atoms with E-state index in [4.69, 9.17) is 4.74 Å². The molecule has 0 aliphatic carbocycles. The summed E-state index contributed by atoms with van der Waals surface area (Å²) in [7, 11) is 0. The van der Waals surface area contributed by atoms with Crippen molar-refractivity contribution in [2.24, 2.45) is 0 Å². The molecular formula is C20H21N3O2. The number of carbonyl (C=O) groups is 1. The SMILES string of the molecule is Cc1cc(-c2ccccc2)nc(OCC(=O)N2CCCCC2)c1C#N. The highest BCUT2D eigenvalue weighted by atomic mass is 16.5. The Labute approximate surface area is 147 Å².